The molecule has 0 bridgehead atoms. The first-order valence-corrected chi connectivity index (χ1v) is 12.2. The van der Waals surface area contributed by atoms with Crippen LogP contribution in [-0.4, -0.2) is 64.4 Å². The highest BCUT2D eigenvalue weighted by atomic mass is 32.2. The Bertz CT molecular complexity index is 1210. The maximum absolute atomic E-state index is 14.7. The van der Waals surface area contributed by atoms with Crippen molar-refractivity contribution in [1.29, 1.82) is 0 Å². The Morgan fingerprint density at radius 1 is 1.35 bits per heavy atom. The quantitative estimate of drug-likeness (QED) is 0.521. The molecule has 2 aliphatic rings. The second-order valence-electron chi connectivity index (χ2n) is 8.27. The molecule has 3 atom stereocenters. The van der Waals surface area contributed by atoms with Crippen LogP contribution < -0.4 is 14.8 Å². The van der Waals surface area contributed by atoms with E-state index in [1.54, 1.807) is 30.1 Å². The van der Waals surface area contributed by atoms with Gasteiger partial charge in [0.2, 0.25) is 5.88 Å². The number of nitrogens with one attached hydrogen (secondary N) is 1. The predicted octanol–water partition coefficient (Wildman–Crippen LogP) is 2.90. The Balaban J connectivity index is 1.20. The summed E-state index contributed by atoms with van der Waals surface area (Å²) in [6.45, 7) is 1.62. The molecule has 8 nitrogen and oxygen atoms in total. The van der Waals surface area contributed by atoms with Gasteiger partial charge in [-0.05, 0) is 25.0 Å². The average molecular weight is 488 g/mol. The van der Waals surface area contributed by atoms with E-state index in [0.717, 1.165) is 28.3 Å². The zero-order valence-corrected chi connectivity index (χ0v) is 19.6. The van der Waals surface area contributed by atoms with E-state index in [2.05, 4.69) is 20.3 Å². The lowest BCUT2D eigenvalue weighted by atomic mass is 9.96. The number of methoxy groups -OCH3 is 1. The van der Waals surface area contributed by atoms with Gasteiger partial charge in [-0.2, -0.15) is 0 Å². The highest BCUT2D eigenvalue weighted by Gasteiger charge is 2.29. The zero-order valence-electron chi connectivity index (χ0n) is 19.8. The van der Waals surface area contributed by atoms with Crippen LogP contribution in [0.25, 0.3) is 11.0 Å². The number of hydrogen-bond acceptors (Lipinski definition) is 9. The van der Waals surface area contributed by atoms with Crippen LogP contribution in [0.1, 0.15) is 25.5 Å². The first kappa shape index (κ1) is 22.0. The number of ether oxygens (including phenoxy) is 3. The maximum atomic E-state index is 14.7. The van der Waals surface area contributed by atoms with E-state index in [4.69, 9.17) is 15.6 Å². The third kappa shape index (κ3) is 5.10. The summed E-state index contributed by atoms with van der Waals surface area (Å²) in [7, 11) is 1.47. The summed E-state index contributed by atoms with van der Waals surface area (Å²) in [5.74, 6) is 1.44. The van der Waals surface area contributed by atoms with Crippen molar-refractivity contribution in [2.45, 2.75) is 48.9 Å². The van der Waals surface area contributed by atoms with Crippen LogP contribution >= 0.6 is 11.8 Å². The Kier molecular flexibility index (Phi) is 6.71. The first-order chi connectivity index (χ1) is 16.9. The van der Waals surface area contributed by atoms with Gasteiger partial charge < -0.3 is 24.6 Å². The number of pyridine rings is 3. The molecule has 0 unspecified atom stereocenters. The lowest BCUT2D eigenvalue weighted by Gasteiger charge is -2.32. The monoisotopic (exact) mass is 487 g/mol. The SMILES string of the molecule is [2H][C@](O)(Cc1c(F)cnc2ccc(OC)nc12)[C@@H]1CC[C@@H](NCc2cc3c(cn2)OCCS3)CO1. The molecule has 0 spiro atoms. The number of hydrogen-bond donors (Lipinski definition) is 2. The minimum atomic E-state index is -2.03. The minimum absolute atomic E-state index is 0.0632. The summed E-state index contributed by atoms with van der Waals surface area (Å²) in [6, 6.07) is 5.41. The van der Waals surface area contributed by atoms with Crippen molar-refractivity contribution in [1.82, 2.24) is 20.3 Å². The summed E-state index contributed by atoms with van der Waals surface area (Å²) in [4.78, 5) is 13.9. The molecule has 2 N–H and O–H groups in total. The average Bonchev–Trinajstić information content (AvgIpc) is 2.89. The van der Waals surface area contributed by atoms with Crippen molar-refractivity contribution in [2.24, 2.45) is 0 Å². The van der Waals surface area contributed by atoms with Gasteiger partial charge in [0, 0.05) is 36.4 Å². The minimum Gasteiger partial charge on any atom is -0.490 e. The summed E-state index contributed by atoms with van der Waals surface area (Å²) in [5.41, 5.74) is 1.78. The zero-order chi connectivity index (χ0) is 24.4. The van der Waals surface area contributed by atoms with E-state index in [1.165, 1.54) is 7.11 Å². The topological polar surface area (TPSA) is 98.6 Å². The molecule has 3 aromatic heterocycles. The molecule has 0 aliphatic carbocycles. The fraction of sp³-hybridized carbons (Fsp3) is 0.458. The van der Waals surface area contributed by atoms with Crippen LogP contribution in [0.3, 0.4) is 0 Å². The van der Waals surface area contributed by atoms with Crippen molar-refractivity contribution in [3.05, 3.63) is 47.7 Å². The molecule has 0 amide bonds. The Hall–Kier alpha value is -2.53. The number of aromatic nitrogens is 3. The number of nitrogens with zero attached hydrogens (tertiary/aromatic N) is 3. The van der Waals surface area contributed by atoms with Gasteiger partial charge in [-0.3, -0.25) is 9.97 Å². The molecule has 180 valence electrons. The highest BCUT2D eigenvalue weighted by molar-refractivity contribution is 7.99. The third-order valence-corrected chi connectivity index (χ3v) is 7.01. The fourth-order valence-electron chi connectivity index (χ4n) is 4.16. The standard InChI is InChI=1S/C24H27FN4O4S/c1-31-23-5-3-18-24(29-23)16(17(25)11-28-18)9-19(30)20-4-2-14(13-33-20)26-10-15-8-22-21(12-27-15)32-6-7-34-22/h3,5,8,11-12,14,19-20,26,30H,2,4,6-7,9-10,13H2,1H3/t14-,19+,20+/m1/s1/i19D. The summed E-state index contributed by atoms with van der Waals surface area (Å²) >= 11 is 1.76. The van der Waals surface area contributed by atoms with E-state index >= 15 is 0 Å². The Labute approximate surface area is 202 Å². The third-order valence-electron chi connectivity index (χ3n) is 6.01. The molecule has 34 heavy (non-hydrogen) atoms. The molecule has 3 aromatic rings. The Morgan fingerprint density at radius 2 is 2.26 bits per heavy atom. The second-order valence-corrected chi connectivity index (χ2v) is 9.41. The molecule has 2 aliphatic heterocycles. The first-order valence-electron chi connectivity index (χ1n) is 11.7. The van der Waals surface area contributed by atoms with Crippen molar-refractivity contribution >= 4 is 22.8 Å². The van der Waals surface area contributed by atoms with Gasteiger partial charge in [-0.15, -0.1) is 11.8 Å². The molecule has 5 heterocycles. The van der Waals surface area contributed by atoms with Crippen molar-refractivity contribution in [3.8, 4) is 11.6 Å². The summed E-state index contributed by atoms with van der Waals surface area (Å²) in [5, 5.41) is 14.4. The predicted molar refractivity (Wildman–Crippen MR) is 126 cm³/mol. The van der Waals surface area contributed by atoms with E-state index in [-0.39, 0.29) is 23.5 Å². The van der Waals surface area contributed by atoms with Gasteiger partial charge in [0.05, 0.1) is 67.9 Å². The molecule has 1 saturated heterocycles. The summed E-state index contributed by atoms with van der Waals surface area (Å²) < 4.78 is 39.9. The fourth-order valence-corrected chi connectivity index (χ4v) is 5.02. The van der Waals surface area contributed by atoms with Gasteiger partial charge in [0.25, 0.3) is 0 Å². The van der Waals surface area contributed by atoms with Gasteiger partial charge in [0.1, 0.15) is 5.82 Å². The number of aliphatic hydroxyl groups is 1. The van der Waals surface area contributed by atoms with Gasteiger partial charge in [-0.25, -0.2) is 9.37 Å². The molecule has 5 rings (SSSR count). The maximum Gasteiger partial charge on any atom is 0.213 e. The molecule has 10 heteroatoms. The molecular formula is C24H27FN4O4S. The number of rotatable bonds is 7. The van der Waals surface area contributed by atoms with Crippen molar-refractivity contribution in [2.75, 3.05) is 26.1 Å². The lowest BCUT2D eigenvalue weighted by molar-refractivity contribution is -0.0719. The molecule has 1 fully saturated rings. The lowest BCUT2D eigenvalue weighted by Crippen LogP contribution is -2.44. The largest absolute Gasteiger partial charge is 0.490 e. The van der Waals surface area contributed by atoms with Crippen LogP contribution in [0.15, 0.2) is 35.5 Å². The van der Waals surface area contributed by atoms with Gasteiger partial charge in [0.15, 0.2) is 5.75 Å². The van der Waals surface area contributed by atoms with Crippen LogP contribution in [0, 0.1) is 5.82 Å². The van der Waals surface area contributed by atoms with Gasteiger partial charge >= 0.3 is 0 Å². The van der Waals surface area contributed by atoms with Crippen LogP contribution in [-0.2, 0) is 17.7 Å². The van der Waals surface area contributed by atoms with E-state index in [0.29, 0.717) is 44.0 Å². The van der Waals surface area contributed by atoms with E-state index in [9.17, 15) is 9.50 Å². The number of thioether (sulfide) groups is 1. The van der Waals surface area contributed by atoms with E-state index in [1.807, 2.05) is 6.07 Å². The van der Waals surface area contributed by atoms with E-state index < -0.39 is 18.0 Å². The molecule has 0 radical (unpaired) electrons. The number of halogens is 1. The normalized spacial score (nSPS) is 22.4. The van der Waals surface area contributed by atoms with Crippen LogP contribution in [0.4, 0.5) is 4.39 Å². The second kappa shape index (κ2) is 10.4. The molecule has 0 saturated carbocycles. The molecular weight excluding hydrogens is 459 g/mol. The van der Waals surface area contributed by atoms with Gasteiger partial charge in [-0.1, -0.05) is 0 Å². The smallest absolute Gasteiger partial charge is 0.213 e. The van der Waals surface area contributed by atoms with Crippen LogP contribution in [0.2, 0.25) is 0 Å². The molecule has 0 aromatic carbocycles. The van der Waals surface area contributed by atoms with Crippen molar-refractivity contribution in [3.63, 3.8) is 0 Å². The highest BCUT2D eigenvalue weighted by Crippen LogP contribution is 2.32. The summed E-state index contributed by atoms with van der Waals surface area (Å²) in [6.07, 6.45) is 0.952. The van der Waals surface area contributed by atoms with Crippen molar-refractivity contribution < 1.29 is 25.1 Å². The number of fused-ring (bicyclic) bond motifs is 2. The Morgan fingerprint density at radius 3 is 3.09 bits per heavy atom. The van der Waals surface area contributed by atoms with Crippen LogP contribution in [0.5, 0.6) is 11.6 Å².